The minimum Gasteiger partial charge on any atom is -0.352 e. The highest BCUT2D eigenvalue weighted by Crippen LogP contribution is 2.23. The molecule has 1 N–H and O–H groups in total. The van der Waals surface area contributed by atoms with E-state index in [-0.39, 0.29) is 16.9 Å². The van der Waals surface area contributed by atoms with Crippen LogP contribution in [0.2, 0.25) is 0 Å². The van der Waals surface area contributed by atoms with E-state index < -0.39 is 5.91 Å². The summed E-state index contributed by atoms with van der Waals surface area (Å²) in [5, 5.41) is 2.74. The van der Waals surface area contributed by atoms with Crippen LogP contribution in [0.4, 0.5) is 0 Å². The Hall–Kier alpha value is -2.69. The molecule has 1 heterocycles. The maximum absolute atomic E-state index is 13.0. The Morgan fingerprint density at radius 3 is 2.56 bits per heavy atom. The van der Waals surface area contributed by atoms with Crippen LogP contribution in [0.5, 0.6) is 0 Å². The first-order chi connectivity index (χ1) is 12.0. The van der Waals surface area contributed by atoms with E-state index in [9.17, 15) is 14.4 Å². The quantitative estimate of drug-likeness (QED) is 0.932. The van der Waals surface area contributed by atoms with Crippen molar-refractivity contribution in [2.75, 3.05) is 6.54 Å². The second kappa shape index (κ2) is 7.05. The lowest BCUT2D eigenvalue weighted by atomic mass is 9.92. The highest BCUT2D eigenvalue weighted by atomic mass is 16.2. The Bertz CT molecular complexity index is 879. The minimum atomic E-state index is -0.422. The van der Waals surface area contributed by atoms with Crippen molar-refractivity contribution in [3.63, 3.8) is 0 Å². The van der Waals surface area contributed by atoms with Crippen molar-refractivity contribution < 1.29 is 9.59 Å². The summed E-state index contributed by atoms with van der Waals surface area (Å²) in [4.78, 5) is 37.8. The van der Waals surface area contributed by atoms with Gasteiger partial charge in [0.05, 0.1) is 0 Å². The number of nitrogens with one attached hydrogen (secondary N) is 1. The normalized spacial score (nSPS) is 13.4. The van der Waals surface area contributed by atoms with Crippen molar-refractivity contribution in [2.45, 2.75) is 39.5 Å². The second-order valence-electron chi connectivity index (χ2n) is 6.43. The molecular formula is C20H22N2O3. The number of aryl methyl sites for hydroxylation is 1. The molecule has 1 amide bonds. The molecule has 130 valence electrons. The molecule has 3 rings (SSSR count). The molecule has 0 saturated carbocycles. The van der Waals surface area contributed by atoms with Gasteiger partial charge in [0.25, 0.3) is 11.5 Å². The number of pyridine rings is 1. The van der Waals surface area contributed by atoms with Gasteiger partial charge < -0.3 is 5.32 Å². The molecule has 0 unspecified atom stereocenters. The molecule has 2 aromatic rings. The maximum atomic E-state index is 13.0. The monoisotopic (exact) mass is 338 g/mol. The van der Waals surface area contributed by atoms with Gasteiger partial charge >= 0.3 is 0 Å². The van der Waals surface area contributed by atoms with Crippen LogP contribution in [0.1, 0.15) is 58.2 Å². The maximum Gasteiger partial charge on any atom is 0.268 e. The van der Waals surface area contributed by atoms with Gasteiger partial charge in [-0.05, 0) is 44.4 Å². The predicted molar refractivity (Wildman–Crippen MR) is 96.7 cm³/mol. The Labute approximate surface area is 146 Å². The zero-order valence-corrected chi connectivity index (χ0v) is 14.6. The molecule has 1 aliphatic rings. The van der Waals surface area contributed by atoms with Crippen LogP contribution in [0.3, 0.4) is 0 Å². The van der Waals surface area contributed by atoms with Gasteiger partial charge in [-0.1, -0.05) is 24.6 Å². The Kier molecular flexibility index (Phi) is 4.83. The van der Waals surface area contributed by atoms with E-state index in [1.165, 1.54) is 10.6 Å². The van der Waals surface area contributed by atoms with Crippen LogP contribution in [-0.4, -0.2) is 22.8 Å². The third-order valence-corrected chi connectivity index (χ3v) is 4.49. The summed E-state index contributed by atoms with van der Waals surface area (Å²) in [5.74, 6) is -0.430. The Morgan fingerprint density at radius 2 is 1.88 bits per heavy atom. The molecule has 0 aliphatic heterocycles. The predicted octanol–water partition coefficient (Wildman–Crippen LogP) is 2.80. The molecule has 25 heavy (non-hydrogen) atoms. The fourth-order valence-electron chi connectivity index (χ4n) is 3.16. The van der Waals surface area contributed by atoms with Crippen LogP contribution >= 0.6 is 0 Å². The third-order valence-electron chi connectivity index (χ3n) is 4.49. The number of rotatable bonds is 4. The number of aromatic nitrogens is 1. The molecule has 1 aromatic carbocycles. The van der Waals surface area contributed by atoms with Crippen LogP contribution in [0, 0.1) is 6.92 Å². The number of Topliss-reactive ketones (excluding diaryl/α,β-unsaturated/α-hetero) is 1. The topological polar surface area (TPSA) is 68.2 Å². The van der Waals surface area contributed by atoms with Crippen molar-refractivity contribution in [3.05, 3.63) is 63.1 Å². The third kappa shape index (κ3) is 3.27. The van der Waals surface area contributed by atoms with E-state index in [1.54, 1.807) is 0 Å². The van der Waals surface area contributed by atoms with Gasteiger partial charge in [0.15, 0.2) is 5.78 Å². The molecule has 0 spiro atoms. The lowest BCUT2D eigenvalue weighted by Crippen LogP contribution is -2.36. The van der Waals surface area contributed by atoms with Gasteiger partial charge in [-0.2, -0.15) is 0 Å². The summed E-state index contributed by atoms with van der Waals surface area (Å²) in [6.45, 7) is 4.41. The zero-order chi connectivity index (χ0) is 18.0. The Balaban J connectivity index is 2.23. The lowest BCUT2D eigenvalue weighted by Gasteiger charge is -2.21. The first-order valence-corrected chi connectivity index (χ1v) is 8.70. The summed E-state index contributed by atoms with van der Waals surface area (Å²) < 4.78 is 1.53. The van der Waals surface area contributed by atoms with E-state index >= 15 is 0 Å². The van der Waals surface area contributed by atoms with E-state index in [0.717, 1.165) is 18.4 Å². The van der Waals surface area contributed by atoms with Gasteiger partial charge in [-0.25, -0.2) is 0 Å². The van der Waals surface area contributed by atoms with Crippen molar-refractivity contribution in [1.29, 1.82) is 0 Å². The largest absolute Gasteiger partial charge is 0.352 e. The van der Waals surface area contributed by atoms with Gasteiger partial charge in [-0.3, -0.25) is 19.0 Å². The number of benzene rings is 1. The summed E-state index contributed by atoms with van der Waals surface area (Å²) in [5.41, 5.74) is 2.63. The van der Waals surface area contributed by atoms with Crippen molar-refractivity contribution >= 4 is 11.7 Å². The average molecular weight is 338 g/mol. The molecule has 5 nitrogen and oxygen atoms in total. The molecular weight excluding hydrogens is 316 g/mol. The highest BCUT2D eigenvalue weighted by molar-refractivity contribution is 6.01. The number of carbonyl (C=O) groups is 2. The van der Waals surface area contributed by atoms with Crippen LogP contribution in [0.15, 0.2) is 35.1 Å². The van der Waals surface area contributed by atoms with Crippen LogP contribution in [-0.2, 0) is 6.42 Å². The SMILES string of the molecule is CCCNC(=O)c1cc2c(n(-c3ccc(C)cc3)c1=O)CCCC2=O. The van der Waals surface area contributed by atoms with E-state index in [2.05, 4.69) is 5.32 Å². The smallest absolute Gasteiger partial charge is 0.268 e. The average Bonchev–Trinajstić information content (AvgIpc) is 2.60. The summed E-state index contributed by atoms with van der Waals surface area (Å²) in [6, 6.07) is 9.02. The first-order valence-electron chi connectivity index (χ1n) is 8.70. The fourth-order valence-corrected chi connectivity index (χ4v) is 3.16. The Morgan fingerprint density at radius 1 is 1.16 bits per heavy atom. The molecule has 0 saturated heterocycles. The highest BCUT2D eigenvalue weighted by Gasteiger charge is 2.26. The number of ketones is 1. The van der Waals surface area contributed by atoms with Crippen LogP contribution in [0.25, 0.3) is 5.69 Å². The number of fused-ring (bicyclic) bond motifs is 1. The molecule has 0 bridgehead atoms. The minimum absolute atomic E-state index is 0.00773. The molecule has 0 radical (unpaired) electrons. The molecule has 5 heteroatoms. The van der Waals surface area contributed by atoms with Gasteiger partial charge in [0.1, 0.15) is 5.56 Å². The first kappa shape index (κ1) is 17.1. The summed E-state index contributed by atoms with van der Waals surface area (Å²) in [7, 11) is 0. The lowest BCUT2D eigenvalue weighted by molar-refractivity contribution is 0.0951. The number of carbonyl (C=O) groups excluding carboxylic acids is 2. The van der Waals surface area contributed by atoms with Crippen LogP contribution < -0.4 is 10.9 Å². The number of nitrogens with zero attached hydrogens (tertiary/aromatic N) is 1. The number of hydrogen-bond acceptors (Lipinski definition) is 3. The number of hydrogen-bond donors (Lipinski definition) is 1. The van der Waals surface area contributed by atoms with Crippen molar-refractivity contribution in [1.82, 2.24) is 9.88 Å². The van der Waals surface area contributed by atoms with Crippen molar-refractivity contribution in [3.8, 4) is 5.69 Å². The van der Waals surface area contributed by atoms with E-state index in [0.29, 0.717) is 36.3 Å². The van der Waals surface area contributed by atoms with Gasteiger partial charge in [0, 0.05) is 29.9 Å². The molecule has 0 atom stereocenters. The van der Waals surface area contributed by atoms with Gasteiger partial charge in [0.2, 0.25) is 0 Å². The van der Waals surface area contributed by atoms with E-state index in [4.69, 9.17) is 0 Å². The second-order valence-corrected chi connectivity index (χ2v) is 6.43. The van der Waals surface area contributed by atoms with E-state index in [1.807, 2.05) is 38.1 Å². The fraction of sp³-hybridized carbons (Fsp3) is 0.350. The van der Waals surface area contributed by atoms with Crippen molar-refractivity contribution in [2.24, 2.45) is 0 Å². The summed E-state index contributed by atoms with van der Waals surface area (Å²) >= 11 is 0. The van der Waals surface area contributed by atoms with Gasteiger partial charge in [-0.15, -0.1) is 0 Å². The molecule has 0 fully saturated rings. The molecule has 1 aliphatic carbocycles. The molecule has 1 aromatic heterocycles. The standard InChI is InChI=1S/C20H22N2O3/c1-3-11-21-19(24)16-12-15-17(5-4-6-18(15)23)22(20(16)25)14-9-7-13(2)8-10-14/h7-10,12H,3-6,11H2,1-2H3,(H,21,24). The number of amides is 1. The zero-order valence-electron chi connectivity index (χ0n) is 14.6. The summed E-state index contributed by atoms with van der Waals surface area (Å²) in [6.07, 6.45) is 2.61.